The largest absolute Gasteiger partial charge is 0.290 e. The molecular formula is C12H20N2. The van der Waals surface area contributed by atoms with E-state index in [9.17, 15) is 0 Å². The predicted octanol–water partition coefficient (Wildman–Crippen LogP) is 3.60. The number of nitrogens with zero attached hydrogens (tertiary/aromatic N) is 1. The third kappa shape index (κ3) is 4.17. The molecule has 0 bridgehead atoms. The van der Waals surface area contributed by atoms with E-state index in [1.54, 1.807) is 6.08 Å². The Morgan fingerprint density at radius 3 is 2.64 bits per heavy atom. The Labute approximate surface area is 87.0 Å². The molecule has 0 aromatic carbocycles. The number of hydrogen-bond acceptors (Lipinski definition) is 1. The SMILES string of the molecule is C=CC=C(C)/C(=N/C=N)C(C)CCC. The van der Waals surface area contributed by atoms with Gasteiger partial charge in [0.1, 0.15) is 6.34 Å². The van der Waals surface area contributed by atoms with Crippen LogP contribution in [-0.2, 0) is 0 Å². The van der Waals surface area contributed by atoms with Crippen LogP contribution in [0.4, 0.5) is 0 Å². The maximum absolute atomic E-state index is 7.02. The van der Waals surface area contributed by atoms with Gasteiger partial charge in [-0.25, -0.2) is 4.99 Å². The molecule has 1 atom stereocenters. The lowest BCUT2D eigenvalue weighted by atomic mass is 9.95. The molecule has 78 valence electrons. The highest BCUT2D eigenvalue weighted by Crippen LogP contribution is 2.13. The summed E-state index contributed by atoms with van der Waals surface area (Å²) in [5.41, 5.74) is 2.10. The Morgan fingerprint density at radius 2 is 2.21 bits per heavy atom. The molecule has 0 amide bonds. The van der Waals surface area contributed by atoms with E-state index in [1.807, 2.05) is 13.0 Å². The number of hydrogen-bond donors (Lipinski definition) is 1. The molecular weight excluding hydrogens is 172 g/mol. The van der Waals surface area contributed by atoms with E-state index in [4.69, 9.17) is 5.41 Å². The zero-order valence-electron chi connectivity index (χ0n) is 9.38. The second-order valence-electron chi connectivity index (χ2n) is 3.42. The molecule has 0 aliphatic carbocycles. The molecule has 0 aromatic heterocycles. The molecule has 0 radical (unpaired) electrons. The lowest BCUT2D eigenvalue weighted by molar-refractivity contribution is 0.667. The molecule has 0 saturated heterocycles. The average Bonchev–Trinajstić information content (AvgIpc) is 2.14. The van der Waals surface area contributed by atoms with Gasteiger partial charge in [-0.05, 0) is 24.8 Å². The molecule has 1 unspecified atom stereocenters. The van der Waals surface area contributed by atoms with Crippen molar-refractivity contribution in [2.75, 3.05) is 0 Å². The monoisotopic (exact) mass is 192 g/mol. The van der Waals surface area contributed by atoms with Crippen molar-refractivity contribution in [3.63, 3.8) is 0 Å². The van der Waals surface area contributed by atoms with E-state index in [2.05, 4.69) is 25.4 Å². The Morgan fingerprint density at radius 1 is 1.57 bits per heavy atom. The third-order valence-electron chi connectivity index (χ3n) is 2.16. The summed E-state index contributed by atoms with van der Waals surface area (Å²) < 4.78 is 0. The van der Waals surface area contributed by atoms with Gasteiger partial charge >= 0.3 is 0 Å². The van der Waals surface area contributed by atoms with Gasteiger partial charge in [-0.3, -0.25) is 5.41 Å². The van der Waals surface area contributed by atoms with Crippen LogP contribution in [0, 0.1) is 11.3 Å². The van der Waals surface area contributed by atoms with E-state index in [-0.39, 0.29) is 0 Å². The molecule has 2 nitrogen and oxygen atoms in total. The van der Waals surface area contributed by atoms with Gasteiger partial charge in [0, 0.05) is 5.71 Å². The van der Waals surface area contributed by atoms with Gasteiger partial charge < -0.3 is 0 Å². The first-order valence-corrected chi connectivity index (χ1v) is 5.03. The number of allylic oxidation sites excluding steroid dienone is 3. The van der Waals surface area contributed by atoms with Crippen molar-refractivity contribution in [3.8, 4) is 0 Å². The fourth-order valence-corrected chi connectivity index (χ4v) is 1.52. The maximum atomic E-state index is 7.02. The van der Waals surface area contributed by atoms with E-state index in [0.717, 1.165) is 30.5 Å². The molecule has 0 aromatic rings. The topological polar surface area (TPSA) is 36.2 Å². The Balaban J connectivity index is 4.76. The zero-order chi connectivity index (χ0) is 11.0. The summed E-state index contributed by atoms with van der Waals surface area (Å²) in [6.07, 6.45) is 7.05. The number of rotatable bonds is 6. The van der Waals surface area contributed by atoms with Crippen LogP contribution in [-0.4, -0.2) is 12.1 Å². The standard InChI is InChI=1S/C12H20N2/c1-5-7-10(3)12(14-9-13)11(4)8-6-2/h5,7,9,11,13H,1,6,8H2,2-4H3/b10-7?,13-9?,14-12-. The Hall–Kier alpha value is -1.18. The van der Waals surface area contributed by atoms with Crippen molar-refractivity contribution >= 4 is 12.1 Å². The second kappa shape index (κ2) is 7.25. The first-order chi connectivity index (χ1) is 6.67. The second-order valence-corrected chi connectivity index (χ2v) is 3.42. The van der Waals surface area contributed by atoms with Crippen LogP contribution in [0.1, 0.15) is 33.6 Å². The van der Waals surface area contributed by atoms with Crippen LogP contribution in [0.3, 0.4) is 0 Å². The lowest BCUT2D eigenvalue weighted by Crippen LogP contribution is -2.12. The summed E-state index contributed by atoms with van der Waals surface area (Å²) >= 11 is 0. The van der Waals surface area contributed by atoms with Crippen molar-refractivity contribution in [1.29, 1.82) is 5.41 Å². The smallest absolute Gasteiger partial charge is 0.107 e. The Kier molecular flexibility index (Phi) is 6.63. The number of nitrogens with one attached hydrogen (secondary N) is 1. The highest BCUT2D eigenvalue weighted by molar-refractivity contribution is 6.04. The molecule has 0 saturated carbocycles. The maximum Gasteiger partial charge on any atom is 0.107 e. The van der Waals surface area contributed by atoms with Crippen molar-refractivity contribution in [2.45, 2.75) is 33.6 Å². The highest BCUT2D eigenvalue weighted by Gasteiger charge is 2.10. The van der Waals surface area contributed by atoms with Crippen LogP contribution in [0.25, 0.3) is 0 Å². The van der Waals surface area contributed by atoms with Gasteiger partial charge in [0.05, 0.1) is 0 Å². The van der Waals surface area contributed by atoms with E-state index >= 15 is 0 Å². The summed E-state index contributed by atoms with van der Waals surface area (Å²) in [5.74, 6) is 0.415. The Bertz CT molecular complexity index is 249. The van der Waals surface area contributed by atoms with Gasteiger partial charge in [-0.15, -0.1) is 0 Å². The van der Waals surface area contributed by atoms with Crippen molar-refractivity contribution < 1.29 is 0 Å². The first-order valence-electron chi connectivity index (χ1n) is 5.03. The molecule has 0 heterocycles. The molecule has 1 N–H and O–H groups in total. The fraction of sp³-hybridized carbons (Fsp3) is 0.500. The normalized spacial score (nSPS) is 15.1. The highest BCUT2D eigenvalue weighted by atomic mass is 14.8. The molecule has 0 aliphatic heterocycles. The summed E-state index contributed by atoms with van der Waals surface area (Å²) in [6.45, 7) is 9.97. The zero-order valence-corrected chi connectivity index (χ0v) is 9.38. The van der Waals surface area contributed by atoms with Crippen LogP contribution >= 0.6 is 0 Å². The van der Waals surface area contributed by atoms with Crippen molar-refractivity contribution in [2.24, 2.45) is 10.9 Å². The minimum absolute atomic E-state index is 0.415. The molecule has 0 aliphatic rings. The van der Waals surface area contributed by atoms with Crippen LogP contribution in [0.5, 0.6) is 0 Å². The summed E-state index contributed by atoms with van der Waals surface area (Å²) in [7, 11) is 0. The number of aliphatic imine (C=N–C) groups is 1. The minimum Gasteiger partial charge on any atom is -0.290 e. The quantitative estimate of drug-likeness (QED) is 0.379. The van der Waals surface area contributed by atoms with Gasteiger partial charge in [-0.2, -0.15) is 0 Å². The summed E-state index contributed by atoms with van der Waals surface area (Å²) in [4.78, 5) is 4.10. The van der Waals surface area contributed by atoms with E-state index in [1.165, 1.54) is 0 Å². The molecule has 0 fully saturated rings. The third-order valence-corrected chi connectivity index (χ3v) is 2.16. The van der Waals surface area contributed by atoms with Gasteiger partial charge in [0.15, 0.2) is 0 Å². The average molecular weight is 192 g/mol. The van der Waals surface area contributed by atoms with Gasteiger partial charge in [0.2, 0.25) is 0 Å². The van der Waals surface area contributed by atoms with E-state index < -0.39 is 0 Å². The van der Waals surface area contributed by atoms with Gasteiger partial charge in [0.25, 0.3) is 0 Å². The minimum atomic E-state index is 0.415. The molecule has 2 heteroatoms. The van der Waals surface area contributed by atoms with Crippen LogP contribution < -0.4 is 0 Å². The van der Waals surface area contributed by atoms with Gasteiger partial charge in [-0.1, -0.05) is 39.0 Å². The van der Waals surface area contributed by atoms with Crippen molar-refractivity contribution in [3.05, 3.63) is 24.3 Å². The van der Waals surface area contributed by atoms with Crippen LogP contribution in [0.15, 0.2) is 29.3 Å². The lowest BCUT2D eigenvalue weighted by Gasteiger charge is -2.13. The molecule has 14 heavy (non-hydrogen) atoms. The summed E-state index contributed by atoms with van der Waals surface area (Å²) in [6, 6.07) is 0. The predicted molar refractivity (Wildman–Crippen MR) is 64.2 cm³/mol. The summed E-state index contributed by atoms with van der Waals surface area (Å²) in [5, 5.41) is 7.02. The first kappa shape index (κ1) is 12.8. The molecule has 0 rings (SSSR count). The van der Waals surface area contributed by atoms with Crippen molar-refractivity contribution in [1.82, 2.24) is 0 Å². The van der Waals surface area contributed by atoms with Crippen LogP contribution in [0.2, 0.25) is 0 Å². The van der Waals surface area contributed by atoms with E-state index in [0.29, 0.717) is 5.92 Å². The molecule has 0 spiro atoms. The fourth-order valence-electron chi connectivity index (χ4n) is 1.52.